The van der Waals surface area contributed by atoms with Gasteiger partial charge in [-0.25, -0.2) is 0 Å². The van der Waals surface area contributed by atoms with Gasteiger partial charge in [-0.2, -0.15) is 5.10 Å². The van der Waals surface area contributed by atoms with Crippen molar-refractivity contribution in [1.29, 1.82) is 0 Å². The number of ether oxygens (including phenoxy) is 1. The molecule has 0 spiro atoms. The fraction of sp³-hybridized carbons (Fsp3) is 0.222. The first-order valence-electron chi connectivity index (χ1n) is 7.39. The van der Waals surface area contributed by atoms with Gasteiger partial charge in [0.2, 0.25) is 5.78 Å². The minimum absolute atomic E-state index is 0.0777. The average molecular weight is 294 g/mol. The van der Waals surface area contributed by atoms with Crippen LogP contribution in [0.1, 0.15) is 10.4 Å². The van der Waals surface area contributed by atoms with Crippen LogP contribution in [0.3, 0.4) is 0 Å². The van der Waals surface area contributed by atoms with E-state index < -0.39 is 0 Å². The van der Waals surface area contributed by atoms with Crippen molar-refractivity contribution in [2.75, 3.05) is 26.3 Å². The van der Waals surface area contributed by atoms with E-state index in [-0.39, 0.29) is 5.78 Å². The Balaban J connectivity index is 1.67. The Kier molecular flexibility index (Phi) is 4.61. The third-order valence-electron chi connectivity index (χ3n) is 3.60. The Morgan fingerprint density at radius 2 is 1.59 bits per heavy atom. The Bertz CT molecular complexity index is 645. The van der Waals surface area contributed by atoms with E-state index in [4.69, 9.17) is 4.74 Å². The van der Waals surface area contributed by atoms with Gasteiger partial charge in [0.25, 0.3) is 0 Å². The number of hydrazone groups is 1. The molecule has 0 bridgehead atoms. The number of Topliss-reactive ketones (excluding diaryl/α,β-unsaturated/α-hetero) is 1. The summed E-state index contributed by atoms with van der Waals surface area (Å²) in [7, 11) is 0. The van der Waals surface area contributed by atoms with Crippen molar-refractivity contribution in [3.63, 3.8) is 0 Å². The molecule has 112 valence electrons. The van der Waals surface area contributed by atoms with Crippen LogP contribution in [-0.4, -0.2) is 43.3 Å². The van der Waals surface area contributed by atoms with Crippen molar-refractivity contribution in [2.24, 2.45) is 5.10 Å². The molecule has 0 atom stereocenters. The van der Waals surface area contributed by atoms with Crippen LogP contribution in [0.2, 0.25) is 0 Å². The van der Waals surface area contributed by atoms with Crippen LogP contribution in [0.4, 0.5) is 0 Å². The van der Waals surface area contributed by atoms with E-state index >= 15 is 0 Å². The number of nitrogens with zero attached hydrogens (tertiary/aromatic N) is 2. The fourth-order valence-corrected chi connectivity index (χ4v) is 2.34. The van der Waals surface area contributed by atoms with Gasteiger partial charge < -0.3 is 4.74 Å². The predicted molar refractivity (Wildman–Crippen MR) is 87.1 cm³/mol. The minimum atomic E-state index is -0.0777. The van der Waals surface area contributed by atoms with Gasteiger partial charge in [0, 0.05) is 5.56 Å². The Morgan fingerprint density at radius 3 is 2.27 bits per heavy atom. The van der Waals surface area contributed by atoms with Crippen molar-refractivity contribution in [2.45, 2.75) is 0 Å². The van der Waals surface area contributed by atoms with Gasteiger partial charge in [-0.1, -0.05) is 54.6 Å². The van der Waals surface area contributed by atoms with Gasteiger partial charge in [-0.15, -0.1) is 0 Å². The summed E-state index contributed by atoms with van der Waals surface area (Å²) in [6.07, 6.45) is 1.39. The van der Waals surface area contributed by atoms with E-state index in [1.54, 1.807) is 0 Å². The van der Waals surface area contributed by atoms with Crippen molar-refractivity contribution in [3.05, 3.63) is 60.2 Å². The lowest BCUT2D eigenvalue weighted by Crippen LogP contribution is -2.32. The van der Waals surface area contributed by atoms with Gasteiger partial charge >= 0.3 is 0 Å². The van der Waals surface area contributed by atoms with Crippen molar-refractivity contribution in [1.82, 2.24) is 5.01 Å². The molecule has 1 aliphatic heterocycles. The molecule has 1 aliphatic rings. The van der Waals surface area contributed by atoms with Gasteiger partial charge in [0.1, 0.15) is 0 Å². The Morgan fingerprint density at radius 1 is 0.955 bits per heavy atom. The fourth-order valence-electron chi connectivity index (χ4n) is 2.34. The zero-order chi connectivity index (χ0) is 15.2. The number of morpholine rings is 1. The summed E-state index contributed by atoms with van der Waals surface area (Å²) >= 11 is 0. The van der Waals surface area contributed by atoms with Crippen LogP contribution >= 0.6 is 0 Å². The Hall–Kier alpha value is -2.46. The third kappa shape index (κ3) is 3.59. The SMILES string of the molecule is O=C(/C=N\N1CCOCC1)c1ccc(-c2ccccc2)cc1. The lowest BCUT2D eigenvalue weighted by molar-refractivity contribution is 0.0395. The molecule has 0 unspecified atom stereocenters. The lowest BCUT2D eigenvalue weighted by atomic mass is 10.0. The quantitative estimate of drug-likeness (QED) is 0.643. The molecule has 4 nitrogen and oxygen atoms in total. The van der Waals surface area contributed by atoms with Crippen LogP contribution in [0.25, 0.3) is 11.1 Å². The molecule has 22 heavy (non-hydrogen) atoms. The zero-order valence-electron chi connectivity index (χ0n) is 12.3. The third-order valence-corrected chi connectivity index (χ3v) is 3.60. The van der Waals surface area contributed by atoms with Crippen LogP contribution in [0.15, 0.2) is 59.7 Å². The second kappa shape index (κ2) is 7.00. The highest BCUT2D eigenvalue weighted by Gasteiger charge is 2.08. The summed E-state index contributed by atoms with van der Waals surface area (Å²) < 4.78 is 5.25. The standard InChI is InChI=1S/C18H18N2O2/c21-18(14-19-20-10-12-22-13-11-20)17-8-6-16(7-9-17)15-4-2-1-3-5-15/h1-9,14H,10-13H2/b19-14-. The molecule has 0 aliphatic carbocycles. The summed E-state index contributed by atoms with van der Waals surface area (Å²) in [6, 6.07) is 17.7. The topological polar surface area (TPSA) is 41.9 Å². The van der Waals surface area contributed by atoms with E-state index in [0.29, 0.717) is 18.8 Å². The predicted octanol–water partition coefficient (Wildman–Crippen LogP) is 2.85. The van der Waals surface area contributed by atoms with Gasteiger partial charge in [-0.3, -0.25) is 9.80 Å². The van der Waals surface area contributed by atoms with Crippen LogP contribution in [0.5, 0.6) is 0 Å². The van der Waals surface area contributed by atoms with Gasteiger partial charge in [0.15, 0.2) is 0 Å². The molecular weight excluding hydrogens is 276 g/mol. The molecule has 0 radical (unpaired) electrons. The molecule has 1 heterocycles. The maximum Gasteiger partial charge on any atom is 0.205 e. The first-order valence-corrected chi connectivity index (χ1v) is 7.39. The highest BCUT2D eigenvalue weighted by atomic mass is 16.5. The van der Waals surface area contributed by atoms with Crippen LogP contribution < -0.4 is 0 Å². The number of hydrogen-bond donors (Lipinski definition) is 0. The molecule has 0 amide bonds. The second-order valence-electron chi connectivity index (χ2n) is 5.12. The monoisotopic (exact) mass is 294 g/mol. The molecule has 4 heteroatoms. The molecule has 0 saturated carbocycles. The molecule has 1 saturated heterocycles. The number of rotatable bonds is 4. The van der Waals surface area contributed by atoms with E-state index in [0.717, 1.165) is 24.2 Å². The molecule has 3 rings (SSSR count). The molecule has 2 aromatic rings. The zero-order valence-corrected chi connectivity index (χ0v) is 12.3. The summed E-state index contributed by atoms with van der Waals surface area (Å²) in [5, 5.41) is 6.08. The summed E-state index contributed by atoms with van der Waals surface area (Å²) in [6.45, 7) is 2.79. The molecular formula is C18H18N2O2. The van der Waals surface area contributed by atoms with Crippen molar-refractivity contribution in [3.8, 4) is 11.1 Å². The average Bonchev–Trinajstić information content (AvgIpc) is 2.61. The number of carbonyl (C=O) groups is 1. The molecule has 0 aromatic heterocycles. The largest absolute Gasteiger partial charge is 0.378 e. The number of benzene rings is 2. The van der Waals surface area contributed by atoms with Crippen LogP contribution in [0, 0.1) is 0 Å². The minimum Gasteiger partial charge on any atom is -0.378 e. The second-order valence-corrected chi connectivity index (χ2v) is 5.12. The van der Waals surface area contributed by atoms with E-state index in [9.17, 15) is 4.79 Å². The number of ketones is 1. The van der Waals surface area contributed by atoms with Crippen molar-refractivity contribution < 1.29 is 9.53 Å². The number of hydrogen-bond acceptors (Lipinski definition) is 4. The summed E-state index contributed by atoms with van der Waals surface area (Å²) in [4.78, 5) is 12.1. The Labute approximate surface area is 130 Å². The number of carbonyl (C=O) groups excluding carboxylic acids is 1. The highest BCUT2D eigenvalue weighted by Crippen LogP contribution is 2.19. The van der Waals surface area contributed by atoms with E-state index in [1.165, 1.54) is 6.21 Å². The summed E-state index contributed by atoms with van der Waals surface area (Å²) in [5.74, 6) is -0.0777. The molecule has 0 N–H and O–H groups in total. The lowest BCUT2D eigenvalue weighted by Gasteiger charge is -2.23. The highest BCUT2D eigenvalue weighted by molar-refractivity contribution is 6.35. The van der Waals surface area contributed by atoms with Crippen molar-refractivity contribution >= 4 is 12.0 Å². The molecule has 2 aromatic carbocycles. The normalized spacial score (nSPS) is 15.2. The summed E-state index contributed by atoms with van der Waals surface area (Å²) in [5.41, 5.74) is 2.89. The van der Waals surface area contributed by atoms with Crippen LogP contribution in [-0.2, 0) is 4.74 Å². The molecule has 1 fully saturated rings. The first-order chi connectivity index (χ1) is 10.8. The van der Waals surface area contributed by atoms with Gasteiger partial charge in [0.05, 0.1) is 32.5 Å². The smallest absolute Gasteiger partial charge is 0.205 e. The van der Waals surface area contributed by atoms with E-state index in [1.807, 2.05) is 47.5 Å². The maximum atomic E-state index is 12.1. The van der Waals surface area contributed by atoms with E-state index in [2.05, 4.69) is 17.2 Å². The maximum absolute atomic E-state index is 12.1. The van der Waals surface area contributed by atoms with Gasteiger partial charge in [-0.05, 0) is 11.1 Å². The first kappa shape index (κ1) is 14.5.